The van der Waals surface area contributed by atoms with Crippen LogP contribution in [0.1, 0.15) is 28.1 Å². The summed E-state index contributed by atoms with van der Waals surface area (Å²) < 4.78 is 0. The average Bonchev–Trinajstić information content (AvgIpc) is 3.02. The van der Waals surface area contributed by atoms with E-state index in [1.165, 1.54) is 16.9 Å². The zero-order valence-electron chi connectivity index (χ0n) is 14.0. The summed E-state index contributed by atoms with van der Waals surface area (Å²) in [5, 5.41) is 2.09. The van der Waals surface area contributed by atoms with Gasteiger partial charge >= 0.3 is 0 Å². The predicted molar refractivity (Wildman–Crippen MR) is 99.7 cm³/mol. The summed E-state index contributed by atoms with van der Waals surface area (Å²) in [4.78, 5) is 32.1. The van der Waals surface area contributed by atoms with Gasteiger partial charge in [0.2, 0.25) is 5.91 Å². The van der Waals surface area contributed by atoms with Gasteiger partial charge in [0.25, 0.3) is 5.91 Å². The number of rotatable bonds is 2. The smallest absolute Gasteiger partial charge is 0.264 e. The molecule has 0 bridgehead atoms. The Morgan fingerprint density at radius 1 is 1.16 bits per heavy atom. The van der Waals surface area contributed by atoms with Crippen molar-refractivity contribution in [2.45, 2.75) is 19.8 Å². The first-order chi connectivity index (χ1) is 12.0. The number of primary amides is 1. The fourth-order valence-electron chi connectivity index (χ4n) is 3.38. The van der Waals surface area contributed by atoms with Crippen molar-refractivity contribution in [1.82, 2.24) is 9.88 Å². The molecule has 6 heteroatoms. The second kappa shape index (κ2) is 6.11. The standard InChI is InChI=1S/C19H19N3O2S/c1-11-2-3-15-13(8-11)9-14-10-16(25-18(14)21-15)19(24)22-6-4-12(5-7-22)17(20)23/h2-3,8-10,12H,4-7H2,1H3,(H2,20,23). The van der Waals surface area contributed by atoms with E-state index in [1.54, 1.807) is 0 Å². The van der Waals surface area contributed by atoms with Crippen LogP contribution in [0.4, 0.5) is 0 Å². The number of aromatic nitrogens is 1. The average molecular weight is 353 g/mol. The van der Waals surface area contributed by atoms with Gasteiger partial charge in [-0.1, -0.05) is 11.6 Å². The van der Waals surface area contributed by atoms with E-state index in [1.807, 2.05) is 23.1 Å². The summed E-state index contributed by atoms with van der Waals surface area (Å²) in [5.74, 6) is -0.354. The second-order valence-electron chi connectivity index (χ2n) is 6.66. The molecule has 2 N–H and O–H groups in total. The van der Waals surface area contributed by atoms with Crippen LogP contribution < -0.4 is 5.73 Å². The molecule has 0 saturated carbocycles. The number of fused-ring (bicyclic) bond motifs is 2. The minimum atomic E-state index is -0.264. The van der Waals surface area contributed by atoms with Gasteiger partial charge in [-0.2, -0.15) is 0 Å². The molecule has 0 radical (unpaired) electrons. The predicted octanol–water partition coefficient (Wildman–Crippen LogP) is 3.10. The molecule has 5 nitrogen and oxygen atoms in total. The molecule has 25 heavy (non-hydrogen) atoms. The highest BCUT2D eigenvalue weighted by Gasteiger charge is 2.27. The molecule has 1 aliphatic rings. The minimum Gasteiger partial charge on any atom is -0.369 e. The first-order valence-corrected chi connectivity index (χ1v) is 9.22. The van der Waals surface area contributed by atoms with Gasteiger partial charge in [-0.25, -0.2) is 4.98 Å². The number of carbonyl (C=O) groups is 2. The van der Waals surface area contributed by atoms with Gasteiger partial charge in [0.15, 0.2) is 0 Å². The van der Waals surface area contributed by atoms with Crippen molar-refractivity contribution < 1.29 is 9.59 Å². The van der Waals surface area contributed by atoms with Crippen LogP contribution in [0.3, 0.4) is 0 Å². The Morgan fingerprint density at radius 2 is 1.92 bits per heavy atom. The van der Waals surface area contributed by atoms with Crippen molar-refractivity contribution in [3.05, 3.63) is 40.8 Å². The molecule has 1 aliphatic heterocycles. The number of thiophene rings is 1. The number of amides is 2. The topological polar surface area (TPSA) is 76.3 Å². The van der Waals surface area contributed by atoms with Crippen molar-refractivity contribution in [2.75, 3.05) is 13.1 Å². The maximum Gasteiger partial charge on any atom is 0.264 e. The molecule has 0 spiro atoms. The lowest BCUT2D eigenvalue weighted by atomic mass is 9.96. The van der Waals surface area contributed by atoms with E-state index in [4.69, 9.17) is 5.73 Å². The van der Waals surface area contributed by atoms with Crippen LogP contribution in [-0.2, 0) is 4.79 Å². The Kier molecular flexibility index (Phi) is 3.92. The quantitative estimate of drug-likeness (QED) is 0.769. The Hall–Kier alpha value is -2.47. The van der Waals surface area contributed by atoms with Crippen LogP contribution >= 0.6 is 11.3 Å². The molecule has 0 unspecified atom stereocenters. The number of aryl methyl sites for hydroxylation is 1. The van der Waals surface area contributed by atoms with Gasteiger partial charge in [0.1, 0.15) is 4.83 Å². The number of pyridine rings is 1. The molecule has 2 amide bonds. The number of benzene rings is 1. The third-order valence-corrected chi connectivity index (χ3v) is 5.88. The molecule has 4 rings (SSSR count). The number of nitrogens with two attached hydrogens (primary N) is 1. The molecule has 3 aromatic rings. The van der Waals surface area contributed by atoms with Gasteiger partial charge in [-0.3, -0.25) is 9.59 Å². The third-order valence-electron chi connectivity index (χ3n) is 4.85. The van der Waals surface area contributed by atoms with Gasteiger partial charge < -0.3 is 10.6 Å². The SMILES string of the molecule is Cc1ccc2nc3sc(C(=O)N4CCC(C(N)=O)CC4)cc3cc2c1. The number of hydrogen-bond donors (Lipinski definition) is 1. The first kappa shape index (κ1) is 16.0. The summed E-state index contributed by atoms with van der Waals surface area (Å²) in [7, 11) is 0. The van der Waals surface area contributed by atoms with E-state index in [9.17, 15) is 9.59 Å². The number of piperidine rings is 1. The maximum atomic E-state index is 12.8. The van der Waals surface area contributed by atoms with Crippen molar-refractivity contribution in [3.8, 4) is 0 Å². The van der Waals surface area contributed by atoms with Crippen LogP contribution in [0.2, 0.25) is 0 Å². The van der Waals surface area contributed by atoms with Crippen LogP contribution in [0.25, 0.3) is 21.1 Å². The molecule has 1 fully saturated rings. The fourth-order valence-corrected chi connectivity index (χ4v) is 4.37. The summed E-state index contributed by atoms with van der Waals surface area (Å²) in [6, 6.07) is 10.2. The Morgan fingerprint density at radius 3 is 2.64 bits per heavy atom. The highest BCUT2D eigenvalue weighted by molar-refractivity contribution is 7.20. The van der Waals surface area contributed by atoms with Gasteiger partial charge in [-0.15, -0.1) is 11.3 Å². The second-order valence-corrected chi connectivity index (χ2v) is 7.69. The zero-order chi connectivity index (χ0) is 17.6. The third kappa shape index (κ3) is 2.98. The largest absolute Gasteiger partial charge is 0.369 e. The van der Waals surface area contributed by atoms with Crippen molar-refractivity contribution in [1.29, 1.82) is 0 Å². The summed E-state index contributed by atoms with van der Waals surface area (Å²) in [5.41, 5.74) is 7.50. The Balaban J connectivity index is 1.62. The van der Waals surface area contributed by atoms with Crippen LogP contribution in [0.5, 0.6) is 0 Å². The fraction of sp³-hybridized carbons (Fsp3) is 0.316. The lowest BCUT2D eigenvalue weighted by Crippen LogP contribution is -2.41. The summed E-state index contributed by atoms with van der Waals surface area (Å²) in [6.45, 7) is 3.21. The Labute approximate surface area is 149 Å². The lowest BCUT2D eigenvalue weighted by Gasteiger charge is -2.30. The number of likely N-dealkylation sites (tertiary alicyclic amines) is 1. The highest BCUT2D eigenvalue weighted by atomic mass is 32.1. The minimum absolute atomic E-state index is 0.0196. The van der Waals surface area contributed by atoms with Crippen molar-refractivity contribution in [2.24, 2.45) is 11.7 Å². The first-order valence-electron chi connectivity index (χ1n) is 8.41. The van der Waals surface area contributed by atoms with Gasteiger partial charge in [0, 0.05) is 29.8 Å². The van der Waals surface area contributed by atoms with Gasteiger partial charge in [-0.05, 0) is 44.0 Å². The van der Waals surface area contributed by atoms with Crippen LogP contribution in [0, 0.1) is 12.8 Å². The van der Waals surface area contributed by atoms with Crippen molar-refractivity contribution in [3.63, 3.8) is 0 Å². The van der Waals surface area contributed by atoms with E-state index in [-0.39, 0.29) is 17.7 Å². The van der Waals surface area contributed by atoms with Crippen LogP contribution in [0.15, 0.2) is 30.3 Å². The molecular formula is C19H19N3O2S. The molecule has 128 valence electrons. The van der Waals surface area contributed by atoms with Crippen molar-refractivity contribution >= 4 is 44.3 Å². The molecule has 3 heterocycles. The number of carbonyl (C=O) groups excluding carboxylic acids is 2. The molecule has 1 saturated heterocycles. The molecule has 1 aromatic carbocycles. The highest BCUT2D eigenvalue weighted by Crippen LogP contribution is 2.29. The van der Waals surface area contributed by atoms with E-state index in [0.29, 0.717) is 30.8 Å². The lowest BCUT2D eigenvalue weighted by molar-refractivity contribution is -0.123. The van der Waals surface area contributed by atoms with E-state index < -0.39 is 0 Å². The van der Waals surface area contributed by atoms with Gasteiger partial charge in [0.05, 0.1) is 10.4 Å². The van der Waals surface area contributed by atoms with E-state index in [2.05, 4.69) is 24.0 Å². The Bertz CT molecular complexity index is 987. The van der Waals surface area contributed by atoms with E-state index >= 15 is 0 Å². The normalized spacial score (nSPS) is 15.8. The molecule has 0 atom stereocenters. The number of hydrogen-bond acceptors (Lipinski definition) is 4. The number of nitrogens with zero attached hydrogens (tertiary/aromatic N) is 2. The monoisotopic (exact) mass is 353 g/mol. The maximum absolute atomic E-state index is 12.8. The van der Waals surface area contributed by atoms with E-state index in [0.717, 1.165) is 21.1 Å². The van der Waals surface area contributed by atoms with Crippen LogP contribution in [-0.4, -0.2) is 34.8 Å². The summed E-state index contributed by atoms with van der Waals surface area (Å²) >= 11 is 1.43. The zero-order valence-corrected chi connectivity index (χ0v) is 14.8. The molecule has 0 aliphatic carbocycles. The summed E-state index contributed by atoms with van der Waals surface area (Å²) in [6.07, 6.45) is 1.29. The molecular weight excluding hydrogens is 334 g/mol. The molecule has 2 aromatic heterocycles.